The van der Waals surface area contributed by atoms with E-state index >= 15 is 0 Å². The number of aliphatic carboxylic acids is 1. The third-order valence-electron chi connectivity index (χ3n) is 2.21. The number of hydrogen-bond acceptors (Lipinski definition) is 3. The van der Waals surface area contributed by atoms with E-state index in [4.69, 9.17) is 0 Å². The second-order valence-electron chi connectivity index (χ2n) is 3.36. The van der Waals surface area contributed by atoms with Crippen LogP contribution in [-0.4, -0.2) is 17.2 Å². The minimum Gasteiger partial charge on any atom is -0.550 e. The Morgan fingerprint density at radius 3 is 2.33 bits per heavy atom. The molecule has 0 rings (SSSR count). The highest BCUT2D eigenvalue weighted by molar-refractivity contribution is 5.67. The molecule has 0 amide bonds. The lowest BCUT2D eigenvalue weighted by Crippen LogP contribution is -2.39. The highest BCUT2D eigenvalue weighted by Gasteiger charge is 2.20. The molecule has 0 radical (unpaired) electrons. The number of aliphatic hydroxyl groups is 1. The number of carboxylic acid groups (broad SMARTS) is 1. The van der Waals surface area contributed by atoms with Crippen LogP contribution < -0.4 is 5.11 Å². The molecule has 0 aliphatic carbocycles. The van der Waals surface area contributed by atoms with E-state index in [0.29, 0.717) is 0 Å². The lowest BCUT2D eigenvalue weighted by molar-refractivity contribution is -0.314. The summed E-state index contributed by atoms with van der Waals surface area (Å²) in [6.45, 7) is 5.34. The summed E-state index contributed by atoms with van der Waals surface area (Å²) < 4.78 is 0. The molecule has 0 saturated carbocycles. The van der Waals surface area contributed by atoms with E-state index < -0.39 is 18.0 Å². The maximum Gasteiger partial charge on any atom is 0.0643 e. The highest BCUT2D eigenvalue weighted by Crippen LogP contribution is 2.16. The number of rotatable bonds is 5. The molecule has 0 saturated heterocycles. The lowest BCUT2D eigenvalue weighted by atomic mass is 9.90. The van der Waals surface area contributed by atoms with Crippen LogP contribution in [0, 0.1) is 11.8 Å². The summed E-state index contributed by atoms with van der Waals surface area (Å²) in [5, 5.41) is 19.8. The predicted octanol–water partition coefficient (Wildman–Crippen LogP) is 0.169. The number of carbonyl (C=O) groups excluding carboxylic acids is 1. The van der Waals surface area contributed by atoms with Crippen molar-refractivity contribution >= 4 is 5.97 Å². The van der Waals surface area contributed by atoms with Crippen LogP contribution in [0.1, 0.15) is 33.6 Å². The Labute approximate surface area is 73.4 Å². The molecule has 3 heteroatoms. The van der Waals surface area contributed by atoms with Crippen LogP contribution in [0.4, 0.5) is 0 Å². The zero-order chi connectivity index (χ0) is 9.72. The SMILES string of the molecule is CCCC(C)C(O)C(C)C(=O)[O-]. The Bertz CT molecular complexity index is 145. The molecule has 0 aromatic carbocycles. The van der Waals surface area contributed by atoms with Crippen LogP contribution in [0.15, 0.2) is 0 Å². The Morgan fingerprint density at radius 2 is 2.00 bits per heavy atom. The Hall–Kier alpha value is -0.570. The fourth-order valence-corrected chi connectivity index (χ4v) is 1.26. The van der Waals surface area contributed by atoms with E-state index in [-0.39, 0.29) is 5.92 Å². The Balaban J connectivity index is 3.99. The smallest absolute Gasteiger partial charge is 0.0643 e. The fourth-order valence-electron chi connectivity index (χ4n) is 1.26. The van der Waals surface area contributed by atoms with Crippen LogP contribution in [0.2, 0.25) is 0 Å². The van der Waals surface area contributed by atoms with Gasteiger partial charge in [-0.25, -0.2) is 0 Å². The molecule has 3 atom stereocenters. The molecular weight excluding hydrogens is 156 g/mol. The van der Waals surface area contributed by atoms with Crippen LogP contribution >= 0.6 is 0 Å². The predicted molar refractivity (Wildman–Crippen MR) is 44.2 cm³/mol. The van der Waals surface area contributed by atoms with Crippen molar-refractivity contribution < 1.29 is 15.0 Å². The highest BCUT2D eigenvalue weighted by atomic mass is 16.4. The molecule has 0 aromatic heterocycles. The van der Waals surface area contributed by atoms with E-state index in [2.05, 4.69) is 0 Å². The first-order valence-corrected chi connectivity index (χ1v) is 4.39. The van der Waals surface area contributed by atoms with Crippen LogP contribution in [0.5, 0.6) is 0 Å². The zero-order valence-corrected chi connectivity index (χ0v) is 7.91. The zero-order valence-electron chi connectivity index (χ0n) is 7.91. The first kappa shape index (κ1) is 11.4. The third kappa shape index (κ3) is 3.22. The summed E-state index contributed by atoms with van der Waals surface area (Å²) in [6, 6.07) is 0. The largest absolute Gasteiger partial charge is 0.550 e. The quantitative estimate of drug-likeness (QED) is 0.644. The molecule has 1 N–H and O–H groups in total. The Kier molecular flexibility index (Phi) is 4.90. The number of hydrogen-bond donors (Lipinski definition) is 1. The van der Waals surface area contributed by atoms with Gasteiger partial charge in [-0.1, -0.05) is 27.2 Å². The summed E-state index contributed by atoms with van der Waals surface area (Å²) in [5.74, 6) is -1.92. The normalized spacial score (nSPS) is 18.3. The van der Waals surface area contributed by atoms with Crippen molar-refractivity contribution in [2.24, 2.45) is 11.8 Å². The summed E-state index contributed by atoms with van der Waals surface area (Å²) >= 11 is 0. The second-order valence-corrected chi connectivity index (χ2v) is 3.36. The molecular formula is C9H17O3-. The molecule has 72 valence electrons. The van der Waals surface area contributed by atoms with Crippen LogP contribution in [-0.2, 0) is 4.79 Å². The molecule has 0 aliphatic rings. The maximum atomic E-state index is 10.4. The van der Waals surface area contributed by atoms with Crippen molar-refractivity contribution in [1.82, 2.24) is 0 Å². The first-order chi connectivity index (χ1) is 5.50. The fraction of sp³-hybridized carbons (Fsp3) is 0.889. The number of carbonyl (C=O) groups is 1. The van der Waals surface area contributed by atoms with Crippen molar-refractivity contribution in [2.45, 2.75) is 39.7 Å². The third-order valence-corrected chi connectivity index (χ3v) is 2.21. The van der Waals surface area contributed by atoms with Crippen molar-refractivity contribution in [1.29, 1.82) is 0 Å². The van der Waals surface area contributed by atoms with Crippen LogP contribution in [0.25, 0.3) is 0 Å². The topological polar surface area (TPSA) is 60.4 Å². The van der Waals surface area contributed by atoms with Gasteiger partial charge < -0.3 is 15.0 Å². The molecule has 0 heterocycles. The molecule has 0 aromatic rings. The van der Waals surface area contributed by atoms with Gasteiger partial charge in [-0.3, -0.25) is 0 Å². The molecule has 3 unspecified atom stereocenters. The van der Waals surface area contributed by atoms with Gasteiger partial charge in [0.1, 0.15) is 0 Å². The molecule has 12 heavy (non-hydrogen) atoms. The summed E-state index contributed by atoms with van der Waals surface area (Å²) in [6.07, 6.45) is 1.02. The van der Waals surface area contributed by atoms with Crippen molar-refractivity contribution in [3.63, 3.8) is 0 Å². The molecule has 0 aliphatic heterocycles. The second kappa shape index (κ2) is 5.14. The van der Waals surface area contributed by atoms with Gasteiger partial charge in [-0.05, 0) is 12.3 Å². The van der Waals surface area contributed by atoms with Gasteiger partial charge in [0, 0.05) is 11.9 Å². The average Bonchev–Trinajstić information content (AvgIpc) is 2.02. The van der Waals surface area contributed by atoms with Crippen molar-refractivity contribution in [2.75, 3.05) is 0 Å². The van der Waals surface area contributed by atoms with Crippen molar-refractivity contribution in [3.05, 3.63) is 0 Å². The minimum atomic E-state index is -1.18. The maximum absolute atomic E-state index is 10.4. The van der Waals surface area contributed by atoms with Gasteiger partial charge in [0.05, 0.1) is 6.10 Å². The molecule has 0 bridgehead atoms. The molecule has 0 fully saturated rings. The average molecular weight is 173 g/mol. The van der Waals surface area contributed by atoms with E-state index in [1.807, 2.05) is 13.8 Å². The number of aliphatic hydroxyl groups excluding tert-OH is 1. The van der Waals surface area contributed by atoms with Gasteiger partial charge in [0.2, 0.25) is 0 Å². The van der Waals surface area contributed by atoms with Gasteiger partial charge in [0.15, 0.2) is 0 Å². The van der Waals surface area contributed by atoms with E-state index in [9.17, 15) is 15.0 Å². The van der Waals surface area contributed by atoms with E-state index in [1.165, 1.54) is 6.92 Å². The monoisotopic (exact) mass is 173 g/mol. The van der Waals surface area contributed by atoms with Crippen molar-refractivity contribution in [3.8, 4) is 0 Å². The van der Waals surface area contributed by atoms with Crippen LogP contribution in [0.3, 0.4) is 0 Å². The van der Waals surface area contributed by atoms with Gasteiger partial charge in [-0.15, -0.1) is 0 Å². The minimum absolute atomic E-state index is 0.0305. The molecule has 0 spiro atoms. The molecule has 3 nitrogen and oxygen atoms in total. The Morgan fingerprint density at radius 1 is 1.50 bits per heavy atom. The number of carboxylic acids is 1. The summed E-state index contributed by atoms with van der Waals surface area (Å²) in [5.41, 5.74) is 0. The lowest BCUT2D eigenvalue weighted by Gasteiger charge is -2.25. The summed E-state index contributed by atoms with van der Waals surface area (Å²) in [7, 11) is 0. The van der Waals surface area contributed by atoms with E-state index in [0.717, 1.165) is 12.8 Å². The first-order valence-electron chi connectivity index (χ1n) is 4.39. The summed E-state index contributed by atoms with van der Waals surface area (Å²) in [4.78, 5) is 10.4. The van der Waals surface area contributed by atoms with Gasteiger partial charge >= 0.3 is 0 Å². The van der Waals surface area contributed by atoms with Gasteiger partial charge in [-0.2, -0.15) is 0 Å². The van der Waals surface area contributed by atoms with E-state index in [1.54, 1.807) is 0 Å². The van der Waals surface area contributed by atoms with Gasteiger partial charge in [0.25, 0.3) is 0 Å². The standard InChI is InChI=1S/C9H18O3/c1-4-5-6(2)8(10)7(3)9(11)12/h6-8,10H,4-5H2,1-3H3,(H,11,12)/p-1.